The van der Waals surface area contributed by atoms with Crippen LogP contribution < -0.4 is 5.32 Å². The van der Waals surface area contributed by atoms with Crippen LogP contribution in [0.25, 0.3) is 11.5 Å². The van der Waals surface area contributed by atoms with Gasteiger partial charge in [0.25, 0.3) is 0 Å². The third-order valence-electron chi connectivity index (χ3n) is 4.80. The molecule has 0 radical (unpaired) electrons. The van der Waals surface area contributed by atoms with Crippen molar-refractivity contribution in [1.82, 2.24) is 34.9 Å². The molecule has 0 aliphatic carbocycles. The summed E-state index contributed by atoms with van der Waals surface area (Å²) in [7, 11) is 0. The minimum absolute atomic E-state index is 0.0455. The third kappa shape index (κ3) is 4.54. The number of furan rings is 1. The molecule has 30 heavy (non-hydrogen) atoms. The van der Waals surface area contributed by atoms with Crippen molar-refractivity contribution in [2.75, 3.05) is 12.3 Å². The monoisotopic (exact) mass is 425 g/mol. The average Bonchev–Trinajstić information content (AvgIpc) is 3.47. The standard InChI is InChI=1S/C20H23N7O2S/c1-14-17(5-8-20(28)21-9-11-30-12-16-4-3-10-29-16)15(2)27(24-14)19-7-6-18-23-22-13-26(18)25-19/h3-4,6-7,10,13H,5,8-9,11-12H2,1-2H3,(H,21,28). The minimum atomic E-state index is 0.0455. The van der Waals surface area contributed by atoms with E-state index in [1.807, 2.05) is 38.1 Å². The first-order valence-electron chi connectivity index (χ1n) is 9.71. The van der Waals surface area contributed by atoms with Crippen molar-refractivity contribution < 1.29 is 9.21 Å². The molecule has 0 saturated heterocycles. The van der Waals surface area contributed by atoms with Gasteiger partial charge in [0.2, 0.25) is 5.91 Å². The van der Waals surface area contributed by atoms with Crippen LogP contribution in [0.3, 0.4) is 0 Å². The van der Waals surface area contributed by atoms with Crippen molar-refractivity contribution >= 4 is 23.3 Å². The molecule has 0 fully saturated rings. The fourth-order valence-electron chi connectivity index (χ4n) is 3.25. The highest BCUT2D eigenvalue weighted by atomic mass is 32.2. The zero-order valence-corrected chi connectivity index (χ0v) is 17.7. The molecular formula is C20H23N7O2S. The Bertz CT molecular complexity index is 1130. The molecule has 0 bridgehead atoms. The summed E-state index contributed by atoms with van der Waals surface area (Å²) < 4.78 is 8.71. The van der Waals surface area contributed by atoms with Crippen molar-refractivity contribution in [3.63, 3.8) is 0 Å². The molecule has 156 valence electrons. The quantitative estimate of drug-likeness (QED) is 0.411. The van der Waals surface area contributed by atoms with Gasteiger partial charge < -0.3 is 9.73 Å². The summed E-state index contributed by atoms with van der Waals surface area (Å²) in [6.07, 6.45) is 4.29. The number of fused-ring (bicyclic) bond motifs is 1. The summed E-state index contributed by atoms with van der Waals surface area (Å²) in [5, 5.41) is 19.9. The number of nitrogens with one attached hydrogen (secondary N) is 1. The number of thioether (sulfide) groups is 1. The minimum Gasteiger partial charge on any atom is -0.468 e. The molecule has 4 heterocycles. The van der Waals surface area contributed by atoms with Gasteiger partial charge in [0.05, 0.1) is 17.7 Å². The van der Waals surface area contributed by atoms with Gasteiger partial charge in [0, 0.05) is 24.4 Å². The van der Waals surface area contributed by atoms with Gasteiger partial charge in [-0.25, -0.2) is 4.68 Å². The maximum Gasteiger partial charge on any atom is 0.220 e. The van der Waals surface area contributed by atoms with Gasteiger partial charge in [-0.15, -0.1) is 15.3 Å². The predicted octanol–water partition coefficient (Wildman–Crippen LogP) is 2.50. The van der Waals surface area contributed by atoms with Gasteiger partial charge in [0.15, 0.2) is 11.5 Å². The lowest BCUT2D eigenvalue weighted by Gasteiger charge is -2.06. The highest BCUT2D eigenvalue weighted by Gasteiger charge is 2.15. The number of carbonyl (C=O) groups excluding carboxylic acids is 1. The van der Waals surface area contributed by atoms with Crippen molar-refractivity contribution in [3.05, 3.63) is 59.6 Å². The molecule has 0 atom stereocenters. The van der Waals surface area contributed by atoms with Crippen molar-refractivity contribution in [3.8, 4) is 5.82 Å². The fraction of sp³-hybridized carbons (Fsp3) is 0.350. The Morgan fingerprint density at radius 2 is 2.13 bits per heavy atom. The molecule has 0 spiro atoms. The average molecular weight is 426 g/mol. The Kier molecular flexibility index (Phi) is 6.12. The predicted molar refractivity (Wildman–Crippen MR) is 114 cm³/mol. The smallest absolute Gasteiger partial charge is 0.220 e. The first-order chi connectivity index (χ1) is 14.6. The van der Waals surface area contributed by atoms with Crippen LogP contribution in [-0.4, -0.2) is 47.8 Å². The Hall–Kier alpha value is -3.14. The first-order valence-corrected chi connectivity index (χ1v) is 10.9. The summed E-state index contributed by atoms with van der Waals surface area (Å²) in [5.74, 6) is 3.35. The van der Waals surface area contributed by atoms with Crippen molar-refractivity contribution in [2.24, 2.45) is 0 Å². The van der Waals surface area contributed by atoms with E-state index in [1.54, 1.807) is 33.5 Å². The largest absolute Gasteiger partial charge is 0.468 e. The maximum absolute atomic E-state index is 12.2. The van der Waals surface area contributed by atoms with Crippen LogP contribution in [0.15, 0.2) is 41.3 Å². The van der Waals surface area contributed by atoms with Gasteiger partial charge in [0.1, 0.15) is 12.1 Å². The molecule has 0 aliphatic heterocycles. The summed E-state index contributed by atoms with van der Waals surface area (Å²) in [6.45, 7) is 4.60. The second kappa shape index (κ2) is 9.12. The van der Waals surface area contributed by atoms with E-state index in [0.29, 0.717) is 30.9 Å². The zero-order valence-electron chi connectivity index (χ0n) is 16.9. The van der Waals surface area contributed by atoms with Crippen LogP contribution in [0.1, 0.15) is 29.1 Å². The van der Waals surface area contributed by atoms with Crippen molar-refractivity contribution in [1.29, 1.82) is 0 Å². The van der Waals surface area contributed by atoms with Crippen LogP contribution in [0.5, 0.6) is 0 Å². The number of rotatable bonds is 9. The molecule has 0 aromatic carbocycles. The fourth-order valence-corrected chi connectivity index (χ4v) is 4.00. The highest BCUT2D eigenvalue weighted by molar-refractivity contribution is 7.98. The highest BCUT2D eigenvalue weighted by Crippen LogP contribution is 2.18. The molecule has 10 heteroatoms. The molecule has 0 unspecified atom stereocenters. The zero-order chi connectivity index (χ0) is 20.9. The van der Waals surface area contributed by atoms with E-state index >= 15 is 0 Å². The van der Waals surface area contributed by atoms with Gasteiger partial charge in [-0.1, -0.05) is 0 Å². The third-order valence-corrected chi connectivity index (χ3v) is 5.78. The summed E-state index contributed by atoms with van der Waals surface area (Å²) >= 11 is 1.74. The van der Waals surface area contributed by atoms with Gasteiger partial charge >= 0.3 is 0 Å². The number of hydrogen-bond acceptors (Lipinski definition) is 7. The van der Waals surface area contributed by atoms with E-state index < -0.39 is 0 Å². The molecule has 0 saturated carbocycles. The molecule has 0 aliphatic rings. The van der Waals surface area contributed by atoms with Crippen LogP contribution in [-0.2, 0) is 17.0 Å². The first kappa shape index (κ1) is 20.1. The van der Waals surface area contributed by atoms with Crippen LogP contribution in [0.4, 0.5) is 0 Å². The molecule has 1 amide bonds. The lowest BCUT2D eigenvalue weighted by molar-refractivity contribution is -0.120. The SMILES string of the molecule is Cc1nn(-c2ccc3nncn3n2)c(C)c1CCC(=O)NCCSCc1ccco1. The lowest BCUT2D eigenvalue weighted by atomic mass is 10.1. The Labute approximate surface area is 177 Å². The van der Waals surface area contributed by atoms with E-state index in [0.717, 1.165) is 34.2 Å². The summed E-state index contributed by atoms with van der Waals surface area (Å²) in [6, 6.07) is 7.55. The molecule has 1 N–H and O–H groups in total. The Morgan fingerprint density at radius 3 is 2.97 bits per heavy atom. The molecule has 9 nitrogen and oxygen atoms in total. The lowest BCUT2D eigenvalue weighted by Crippen LogP contribution is -2.26. The number of aryl methyl sites for hydroxylation is 1. The topological polar surface area (TPSA) is 103 Å². The second-order valence-corrected chi connectivity index (χ2v) is 7.97. The van der Waals surface area contributed by atoms with Crippen LogP contribution in [0.2, 0.25) is 0 Å². The van der Waals surface area contributed by atoms with Gasteiger partial charge in [-0.3, -0.25) is 4.79 Å². The summed E-state index contributed by atoms with van der Waals surface area (Å²) in [5.41, 5.74) is 3.64. The second-order valence-electron chi connectivity index (χ2n) is 6.87. The molecule has 4 aromatic heterocycles. The van der Waals surface area contributed by atoms with E-state index in [-0.39, 0.29) is 5.91 Å². The number of amides is 1. The number of hydrogen-bond donors (Lipinski definition) is 1. The molecule has 4 aromatic rings. The van der Waals surface area contributed by atoms with Gasteiger partial charge in [-0.2, -0.15) is 21.4 Å². The van der Waals surface area contributed by atoms with E-state index in [9.17, 15) is 4.79 Å². The molecule has 4 rings (SSSR count). The van der Waals surface area contributed by atoms with Gasteiger partial charge in [-0.05, 0) is 50.1 Å². The van der Waals surface area contributed by atoms with Crippen LogP contribution in [0, 0.1) is 13.8 Å². The molecular weight excluding hydrogens is 402 g/mol. The Morgan fingerprint density at radius 1 is 1.23 bits per heavy atom. The Balaban J connectivity index is 1.29. The van der Waals surface area contributed by atoms with E-state index in [2.05, 4.69) is 25.7 Å². The number of carbonyl (C=O) groups is 1. The van der Waals surface area contributed by atoms with E-state index in [4.69, 9.17) is 4.42 Å². The van der Waals surface area contributed by atoms with Crippen LogP contribution >= 0.6 is 11.8 Å². The van der Waals surface area contributed by atoms with Crippen molar-refractivity contribution in [2.45, 2.75) is 32.4 Å². The number of nitrogens with zero attached hydrogens (tertiary/aromatic N) is 6. The van der Waals surface area contributed by atoms with E-state index in [1.165, 1.54) is 0 Å². The maximum atomic E-state index is 12.2. The summed E-state index contributed by atoms with van der Waals surface area (Å²) in [4.78, 5) is 12.2. The normalized spacial score (nSPS) is 11.3. The number of aromatic nitrogens is 6.